The molecule has 0 aromatic carbocycles. The molecule has 3 atom stereocenters. The molecule has 0 bridgehead atoms. The number of allylic oxidation sites excluding steroid dienone is 3. The third-order valence-corrected chi connectivity index (χ3v) is 10.6. The lowest BCUT2D eigenvalue weighted by Crippen LogP contribution is -2.51. The smallest absolute Gasteiger partial charge is 0.407 e. The number of Topliss-reactive ketones (excluding diaryl/α,β-unsaturated/α-hetero) is 1. The summed E-state index contributed by atoms with van der Waals surface area (Å²) in [6, 6.07) is -1.62. The molecule has 15 heteroatoms. The number of carbonyl (C=O) groups excluding carboxylic acids is 4. The second-order valence-electron chi connectivity index (χ2n) is 13.6. The van der Waals surface area contributed by atoms with Crippen LogP contribution in [0.15, 0.2) is 35.5 Å². The number of nitrogens with one attached hydrogen (secondary N) is 3. The monoisotopic (exact) mass is 705 g/mol. The Labute approximate surface area is 289 Å². The Hall–Kier alpha value is -3.56. The molecule has 2 aliphatic heterocycles. The summed E-state index contributed by atoms with van der Waals surface area (Å²) in [6.07, 6.45) is 14.7. The van der Waals surface area contributed by atoms with Gasteiger partial charge in [0.05, 0.1) is 30.8 Å². The Morgan fingerprint density at radius 3 is 2.61 bits per heavy atom. The van der Waals surface area contributed by atoms with E-state index in [1.807, 2.05) is 17.7 Å². The Bertz CT molecular complexity index is 1450. The number of nitrogens with zero attached hydrogens (tertiary/aromatic N) is 2. The van der Waals surface area contributed by atoms with Gasteiger partial charge in [0.1, 0.15) is 0 Å². The van der Waals surface area contributed by atoms with Crippen LogP contribution in [-0.2, 0) is 33.7 Å². The summed E-state index contributed by atoms with van der Waals surface area (Å²) in [4.78, 5) is 65.6. The van der Waals surface area contributed by atoms with E-state index in [4.69, 9.17) is 4.18 Å². The van der Waals surface area contributed by atoms with Crippen molar-refractivity contribution in [3.63, 3.8) is 0 Å². The Balaban J connectivity index is 1.14. The van der Waals surface area contributed by atoms with E-state index in [0.29, 0.717) is 64.6 Å². The third kappa shape index (κ3) is 11.5. The number of rotatable bonds is 19. The molecule has 272 valence electrons. The standard InChI is InChI=1S/C34H51N5O9S/c1-3-4-14-27(32(43)37-49(46,47)48-34(2)17-18-34)35-20-29(40)28-15-10-19-39(28)31(42)21-36-30(41)16-8-6-5-7-11-24-12-9-13-25-22-38(33(44)45)23-26(24)25/h7,9,11,13,24,27-28,35H,3-6,8,10,12,14-23H2,1-2H3,(H,36,41)(H,37,43)(H,44,45). The first-order chi connectivity index (χ1) is 23.3. The minimum atomic E-state index is -4.29. The molecule has 1 saturated heterocycles. The van der Waals surface area contributed by atoms with Gasteiger partial charge in [-0.15, -0.1) is 0 Å². The number of carboxylic acid groups (broad SMARTS) is 1. The molecular formula is C34H51N5O9S. The molecule has 0 aromatic heterocycles. The summed E-state index contributed by atoms with van der Waals surface area (Å²) in [5.41, 5.74) is 1.45. The van der Waals surface area contributed by atoms with Gasteiger partial charge in [-0.2, -0.15) is 8.42 Å². The van der Waals surface area contributed by atoms with Crippen LogP contribution in [0.3, 0.4) is 0 Å². The number of hydrogen-bond acceptors (Lipinski definition) is 9. The number of hydrogen-bond donors (Lipinski definition) is 4. The quantitative estimate of drug-likeness (QED) is 0.115. The van der Waals surface area contributed by atoms with Gasteiger partial charge in [-0.1, -0.05) is 44.1 Å². The molecule has 49 heavy (non-hydrogen) atoms. The van der Waals surface area contributed by atoms with Crippen molar-refractivity contribution in [2.24, 2.45) is 5.92 Å². The van der Waals surface area contributed by atoms with Gasteiger partial charge in [0.2, 0.25) is 11.8 Å². The molecule has 14 nitrogen and oxygen atoms in total. The zero-order valence-electron chi connectivity index (χ0n) is 28.6. The first-order valence-corrected chi connectivity index (χ1v) is 18.8. The van der Waals surface area contributed by atoms with E-state index < -0.39 is 40.0 Å². The van der Waals surface area contributed by atoms with Gasteiger partial charge < -0.3 is 20.2 Å². The number of ketones is 1. The Morgan fingerprint density at radius 2 is 1.90 bits per heavy atom. The fourth-order valence-corrected chi connectivity index (χ4v) is 7.53. The lowest BCUT2D eigenvalue weighted by molar-refractivity contribution is -0.137. The van der Waals surface area contributed by atoms with E-state index in [1.54, 1.807) is 6.92 Å². The molecule has 4 amide bonds. The van der Waals surface area contributed by atoms with Crippen molar-refractivity contribution < 1.29 is 41.7 Å². The van der Waals surface area contributed by atoms with E-state index in [0.717, 1.165) is 36.8 Å². The molecule has 0 radical (unpaired) electrons. The predicted octanol–water partition coefficient (Wildman–Crippen LogP) is 2.72. The Morgan fingerprint density at radius 1 is 1.12 bits per heavy atom. The van der Waals surface area contributed by atoms with Crippen molar-refractivity contribution in [2.45, 2.75) is 109 Å². The molecule has 1 saturated carbocycles. The fourth-order valence-electron chi connectivity index (χ4n) is 6.40. The van der Waals surface area contributed by atoms with Crippen molar-refractivity contribution in [1.29, 1.82) is 0 Å². The van der Waals surface area contributed by atoms with E-state index in [2.05, 4.69) is 28.9 Å². The first kappa shape index (κ1) is 38.2. The molecule has 4 rings (SSSR count). The minimum absolute atomic E-state index is 0.192. The van der Waals surface area contributed by atoms with Crippen molar-refractivity contribution >= 4 is 39.9 Å². The fraction of sp³-hybridized carbons (Fsp3) is 0.676. The summed E-state index contributed by atoms with van der Waals surface area (Å²) in [6.45, 7) is 4.42. The lowest BCUT2D eigenvalue weighted by atomic mass is 9.88. The van der Waals surface area contributed by atoms with Gasteiger partial charge >= 0.3 is 16.4 Å². The molecule has 2 heterocycles. The highest BCUT2D eigenvalue weighted by atomic mass is 32.2. The van der Waals surface area contributed by atoms with Crippen LogP contribution in [0.25, 0.3) is 0 Å². The number of amides is 4. The molecule has 4 N–H and O–H groups in total. The van der Waals surface area contributed by atoms with E-state index in [9.17, 15) is 37.5 Å². The van der Waals surface area contributed by atoms with Crippen LogP contribution in [-0.4, -0.2) is 103 Å². The third-order valence-electron chi connectivity index (χ3n) is 9.51. The molecule has 4 aliphatic rings. The maximum absolute atomic E-state index is 13.1. The number of carbonyl (C=O) groups is 5. The zero-order valence-corrected chi connectivity index (χ0v) is 29.4. The normalized spacial score (nSPS) is 21.9. The molecule has 3 unspecified atom stereocenters. The molecule has 2 fully saturated rings. The van der Waals surface area contributed by atoms with Crippen LogP contribution in [0.5, 0.6) is 0 Å². The summed E-state index contributed by atoms with van der Waals surface area (Å²) < 4.78 is 31.7. The lowest BCUT2D eigenvalue weighted by Gasteiger charge is -2.25. The highest BCUT2D eigenvalue weighted by Crippen LogP contribution is 2.39. The van der Waals surface area contributed by atoms with Crippen molar-refractivity contribution in [1.82, 2.24) is 25.2 Å². The summed E-state index contributed by atoms with van der Waals surface area (Å²) >= 11 is 0. The Kier molecular flexibility index (Phi) is 13.6. The molecular weight excluding hydrogens is 654 g/mol. The van der Waals surface area contributed by atoms with Gasteiger partial charge in [-0.25, -0.2) is 13.7 Å². The van der Waals surface area contributed by atoms with Gasteiger partial charge in [0.25, 0.3) is 5.91 Å². The SMILES string of the molecule is CCCCC(NCC(=O)C1CCCN1C(=O)CNC(=O)CCCCC=CC1CC=CC2=C1CN(C(=O)O)C2)C(=O)NS(=O)(=O)OC1(C)CC1. The predicted molar refractivity (Wildman–Crippen MR) is 181 cm³/mol. The van der Waals surface area contributed by atoms with Gasteiger partial charge in [0.15, 0.2) is 5.78 Å². The van der Waals surface area contributed by atoms with Crippen molar-refractivity contribution in [3.05, 3.63) is 35.5 Å². The highest BCUT2D eigenvalue weighted by molar-refractivity contribution is 7.85. The van der Waals surface area contributed by atoms with Gasteiger partial charge in [0, 0.05) is 32.0 Å². The highest BCUT2D eigenvalue weighted by Gasteiger charge is 2.44. The second-order valence-corrected chi connectivity index (χ2v) is 14.9. The molecule has 2 aliphatic carbocycles. The van der Waals surface area contributed by atoms with Crippen LogP contribution in [0.4, 0.5) is 4.79 Å². The maximum atomic E-state index is 13.1. The van der Waals surface area contributed by atoms with Crippen molar-refractivity contribution in [3.8, 4) is 0 Å². The van der Waals surface area contributed by atoms with Crippen LogP contribution >= 0.6 is 0 Å². The summed E-state index contributed by atoms with van der Waals surface area (Å²) in [5.74, 6) is -1.48. The molecule has 0 aromatic rings. The first-order valence-electron chi connectivity index (χ1n) is 17.4. The maximum Gasteiger partial charge on any atom is 0.407 e. The number of unbranched alkanes of at least 4 members (excludes halogenated alkanes) is 3. The van der Waals surface area contributed by atoms with Crippen molar-refractivity contribution in [2.75, 3.05) is 32.7 Å². The average molecular weight is 706 g/mol. The topological polar surface area (TPSA) is 192 Å². The largest absolute Gasteiger partial charge is 0.465 e. The molecule has 0 spiro atoms. The van der Waals surface area contributed by atoms with Crippen LogP contribution in [0, 0.1) is 5.92 Å². The van der Waals surface area contributed by atoms with Crippen LogP contribution in [0.1, 0.15) is 90.9 Å². The zero-order chi connectivity index (χ0) is 35.6. The van der Waals surface area contributed by atoms with Crippen LogP contribution in [0.2, 0.25) is 0 Å². The summed E-state index contributed by atoms with van der Waals surface area (Å²) in [5, 5.41) is 14.9. The summed E-state index contributed by atoms with van der Waals surface area (Å²) in [7, 11) is -4.29. The number of likely N-dealkylation sites (tertiary alicyclic amines) is 1. The van der Waals surface area contributed by atoms with E-state index >= 15 is 0 Å². The van der Waals surface area contributed by atoms with E-state index in [1.165, 1.54) is 9.80 Å². The van der Waals surface area contributed by atoms with Gasteiger partial charge in [-0.05, 0) is 75.9 Å². The second kappa shape index (κ2) is 17.4. The van der Waals surface area contributed by atoms with E-state index in [-0.39, 0.29) is 43.0 Å². The van der Waals surface area contributed by atoms with Crippen LogP contribution < -0.4 is 15.4 Å². The van der Waals surface area contributed by atoms with Gasteiger partial charge in [-0.3, -0.25) is 24.5 Å². The average Bonchev–Trinajstić information content (AvgIpc) is 3.42. The minimum Gasteiger partial charge on any atom is -0.465 e.